The first-order valence-corrected chi connectivity index (χ1v) is 10.2. The van der Waals surface area contributed by atoms with Crippen LogP contribution in [-0.4, -0.2) is 37.1 Å². The Morgan fingerprint density at radius 2 is 2.10 bits per heavy atom. The number of hydrogen-bond acceptors (Lipinski definition) is 6. The van der Waals surface area contributed by atoms with Gasteiger partial charge in [0.2, 0.25) is 11.7 Å². The standard InChI is InChI=1S/C21H26N6O2/c1-3-27(16-10-7-11-22-13-16)21(28)17-14-23-20(26(17)2)19-24-18(29-25-19)12-15-8-5-4-6-9-15/h7,10-11,13-15H,3-6,8-9,12H2,1-2H3. The number of anilines is 1. The summed E-state index contributed by atoms with van der Waals surface area (Å²) in [4.78, 5) is 27.8. The van der Waals surface area contributed by atoms with E-state index >= 15 is 0 Å². The molecule has 152 valence electrons. The molecule has 1 amide bonds. The highest BCUT2D eigenvalue weighted by atomic mass is 16.5. The zero-order valence-electron chi connectivity index (χ0n) is 16.9. The van der Waals surface area contributed by atoms with Gasteiger partial charge in [0.15, 0.2) is 5.82 Å². The van der Waals surface area contributed by atoms with Crippen molar-refractivity contribution in [3.8, 4) is 11.6 Å². The van der Waals surface area contributed by atoms with E-state index < -0.39 is 0 Å². The van der Waals surface area contributed by atoms with Gasteiger partial charge >= 0.3 is 0 Å². The van der Waals surface area contributed by atoms with Gasteiger partial charge in [0.1, 0.15) is 5.69 Å². The van der Waals surface area contributed by atoms with Crippen LogP contribution in [0.25, 0.3) is 11.6 Å². The molecular formula is C21H26N6O2. The van der Waals surface area contributed by atoms with Gasteiger partial charge in [-0.1, -0.05) is 24.4 Å². The molecule has 3 aromatic rings. The average molecular weight is 394 g/mol. The Bertz CT molecular complexity index is 959. The van der Waals surface area contributed by atoms with Crippen molar-refractivity contribution >= 4 is 11.6 Å². The lowest BCUT2D eigenvalue weighted by molar-refractivity contribution is 0.0980. The first-order chi connectivity index (χ1) is 14.2. The van der Waals surface area contributed by atoms with E-state index in [-0.39, 0.29) is 5.91 Å². The second kappa shape index (κ2) is 8.55. The van der Waals surface area contributed by atoms with E-state index in [0.717, 1.165) is 12.1 Å². The minimum Gasteiger partial charge on any atom is -0.339 e. The Hall–Kier alpha value is -3.03. The minimum atomic E-state index is -0.146. The lowest BCUT2D eigenvalue weighted by Gasteiger charge is -2.20. The van der Waals surface area contributed by atoms with Crippen LogP contribution in [0.3, 0.4) is 0 Å². The molecule has 0 spiro atoms. The Morgan fingerprint density at radius 3 is 2.83 bits per heavy atom. The van der Waals surface area contributed by atoms with Crippen molar-refractivity contribution in [3.63, 3.8) is 0 Å². The minimum absolute atomic E-state index is 0.146. The molecule has 4 rings (SSSR count). The highest BCUT2D eigenvalue weighted by Crippen LogP contribution is 2.27. The molecule has 0 atom stereocenters. The number of nitrogens with zero attached hydrogens (tertiary/aromatic N) is 6. The topological polar surface area (TPSA) is 89.9 Å². The van der Waals surface area contributed by atoms with Gasteiger partial charge in [0.05, 0.1) is 18.1 Å². The molecule has 0 saturated heterocycles. The van der Waals surface area contributed by atoms with Crippen LogP contribution >= 0.6 is 0 Å². The molecule has 3 aromatic heterocycles. The van der Waals surface area contributed by atoms with Crippen molar-refractivity contribution in [1.29, 1.82) is 0 Å². The normalized spacial score (nSPS) is 14.8. The molecule has 0 bridgehead atoms. The van der Waals surface area contributed by atoms with Crippen LogP contribution in [0, 0.1) is 5.92 Å². The monoisotopic (exact) mass is 394 g/mol. The van der Waals surface area contributed by atoms with Crippen molar-refractivity contribution in [1.82, 2.24) is 24.7 Å². The maximum Gasteiger partial charge on any atom is 0.276 e. The third kappa shape index (κ3) is 4.06. The van der Waals surface area contributed by atoms with Gasteiger partial charge in [-0.2, -0.15) is 4.98 Å². The molecule has 8 nitrogen and oxygen atoms in total. The van der Waals surface area contributed by atoms with E-state index in [0.29, 0.717) is 35.7 Å². The molecule has 29 heavy (non-hydrogen) atoms. The number of hydrogen-bond donors (Lipinski definition) is 0. The molecule has 1 aliphatic rings. The van der Waals surface area contributed by atoms with E-state index in [1.807, 2.05) is 19.1 Å². The molecule has 0 N–H and O–H groups in total. The predicted octanol–water partition coefficient (Wildman–Crippen LogP) is 3.65. The molecule has 0 aliphatic heterocycles. The molecule has 1 fully saturated rings. The summed E-state index contributed by atoms with van der Waals surface area (Å²) in [6.07, 6.45) is 12.1. The number of rotatable bonds is 6. The second-order valence-corrected chi connectivity index (χ2v) is 7.51. The van der Waals surface area contributed by atoms with Crippen molar-refractivity contribution in [3.05, 3.63) is 42.3 Å². The second-order valence-electron chi connectivity index (χ2n) is 7.51. The average Bonchev–Trinajstić information content (AvgIpc) is 3.36. The quantitative estimate of drug-likeness (QED) is 0.634. The molecule has 0 radical (unpaired) electrons. The van der Waals surface area contributed by atoms with Crippen LogP contribution in [-0.2, 0) is 13.5 Å². The summed E-state index contributed by atoms with van der Waals surface area (Å²) in [7, 11) is 1.80. The van der Waals surface area contributed by atoms with Crippen molar-refractivity contribution < 1.29 is 9.32 Å². The van der Waals surface area contributed by atoms with E-state index in [2.05, 4.69) is 20.1 Å². The smallest absolute Gasteiger partial charge is 0.276 e. The molecule has 8 heteroatoms. The van der Waals surface area contributed by atoms with Crippen molar-refractivity contribution in [2.24, 2.45) is 13.0 Å². The van der Waals surface area contributed by atoms with Crippen LogP contribution < -0.4 is 4.90 Å². The summed E-state index contributed by atoms with van der Waals surface area (Å²) in [6.45, 7) is 2.46. The highest BCUT2D eigenvalue weighted by Gasteiger charge is 2.24. The van der Waals surface area contributed by atoms with Gasteiger partial charge < -0.3 is 14.0 Å². The van der Waals surface area contributed by atoms with Gasteiger partial charge in [0, 0.05) is 26.2 Å². The van der Waals surface area contributed by atoms with E-state index in [1.165, 1.54) is 32.1 Å². The first kappa shape index (κ1) is 19.3. The van der Waals surface area contributed by atoms with Gasteiger partial charge in [-0.05, 0) is 37.8 Å². The fraction of sp³-hybridized carbons (Fsp3) is 0.476. The maximum absolute atomic E-state index is 13.1. The number of aromatic nitrogens is 5. The highest BCUT2D eigenvalue weighted by molar-refractivity contribution is 6.05. The van der Waals surface area contributed by atoms with Crippen LogP contribution in [0.15, 0.2) is 35.2 Å². The summed E-state index contributed by atoms with van der Waals surface area (Å²) < 4.78 is 7.19. The first-order valence-electron chi connectivity index (χ1n) is 10.2. The van der Waals surface area contributed by atoms with E-state index in [9.17, 15) is 4.79 Å². The molecule has 3 heterocycles. The summed E-state index contributed by atoms with van der Waals surface area (Å²) in [5.41, 5.74) is 1.21. The molecule has 1 saturated carbocycles. The Labute approximate surface area is 170 Å². The number of pyridine rings is 1. The van der Waals surface area contributed by atoms with Crippen LogP contribution in [0.4, 0.5) is 5.69 Å². The lowest BCUT2D eigenvalue weighted by atomic mass is 9.87. The van der Waals surface area contributed by atoms with Gasteiger partial charge in [0.25, 0.3) is 5.91 Å². The fourth-order valence-electron chi connectivity index (χ4n) is 3.98. The van der Waals surface area contributed by atoms with Gasteiger partial charge in [-0.3, -0.25) is 9.78 Å². The third-order valence-corrected chi connectivity index (χ3v) is 5.58. The number of imidazole rings is 1. The number of carbonyl (C=O) groups excluding carboxylic acids is 1. The summed E-state index contributed by atoms with van der Waals surface area (Å²) >= 11 is 0. The Balaban J connectivity index is 1.53. The summed E-state index contributed by atoms with van der Waals surface area (Å²) in [5.74, 6) is 2.06. The van der Waals surface area contributed by atoms with Crippen LogP contribution in [0.5, 0.6) is 0 Å². The molecule has 1 aliphatic carbocycles. The predicted molar refractivity (Wildman–Crippen MR) is 108 cm³/mol. The fourth-order valence-corrected chi connectivity index (χ4v) is 3.98. The summed E-state index contributed by atoms with van der Waals surface area (Å²) in [5, 5.41) is 4.10. The van der Waals surface area contributed by atoms with Gasteiger partial charge in [-0.25, -0.2) is 4.98 Å². The lowest BCUT2D eigenvalue weighted by Crippen LogP contribution is -2.32. The van der Waals surface area contributed by atoms with E-state index in [4.69, 9.17) is 4.52 Å². The zero-order chi connectivity index (χ0) is 20.2. The van der Waals surface area contributed by atoms with Crippen molar-refractivity contribution in [2.75, 3.05) is 11.4 Å². The van der Waals surface area contributed by atoms with Crippen molar-refractivity contribution in [2.45, 2.75) is 45.4 Å². The molecule has 0 unspecified atom stereocenters. The molecule has 0 aromatic carbocycles. The molecular weight excluding hydrogens is 368 g/mol. The SMILES string of the molecule is CCN(C(=O)c1cnc(-c2noc(CC3CCCCC3)n2)n1C)c1cccnc1. The summed E-state index contributed by atoms with van der Waals surface area (Å²) in [6, 6.07) is 3.68. The zero-order valence-corrected chi connectivity index (χ0v) is 16.9. The third-order valence-electron chi connectivity index (χ3n) is 5.58. The Kier molecular flexibility index (Phi) is 5.69. The Morgan fingerprint density at radius 1 is 1.28 bits per heavy atom. The number of carbonyl (C=O) groups is 1. The largest absolute Gasteiger partial charge is 0.339 e. The van der Waals surface area contributed by atoms with Gasteiger partial charge in [-0.15, -0.1) is 0 Å². The van der Waals surface area contributed by atoms with Crippen LogP contribution in [0.2, 0.25) is 0 Å². The number of amides is 1. The van der Waals surface area contributed by atoms with Crippen LogP contribution in [0.1, 0.15) is 55.4 Å². The maximum atomic E-state index is 13.1. The van der Waals surface area contributed by atoms with E-state index in [1.54, 1.807) is 35.1 Å².